The number of nitrogens with one attached hydrogen (secondary N) is 1. The van der Waals surface area contributed by atoms with Gasteiger partial charge in [-0.1, -0.05) is 13.3 Å². The smallest absolute Gasteiger partial charge is 0.235 e. The topological polar surface area (TPSA) is 81.1 Å². The number of primary amides is 1. The van der Waals surface area contributed by atoms with Gasteiger partial charge in [0.2, 0.25) is 5.91 Å². The van der Waals surface area contributed by atoms with Crippen LogP contribution in [-0.2, 0) is 4.79 Å². The third kappa shape index (κ3) is 4.01. The zero-order valence-electron chi connectivity index (χ0n) is 9.24. The molecular weight excluding hydrogens is 210 g/mol. The minimum absolute atomic E-state index is 0.430. The molecule has 4 nitrogen and oxygen atoms in total. The lowest BCUT2D eigenvalue weighted by molar-refractivity contribution is -0.119. The van der Waals surface area contributed by atoms with E-state index in [9.17, 15) is 4.79 Å². The molecule has 0 aromatic heterocycles. The first-order chi connectivity index (χ1) is 7.15. The molecule has 0 heterocycles. The summed E-state index contributed by atoms with van der Waals surface area (Å²) in [6.45, 7) is 2.68. The molecule has 1 saturated carbocycles. The number of amides is 1. The van der Waals surface area contributed by atoms with Gasteiger partial charge in [0.1, 0.15) is 0 Å². The summed E-state index contributed by atoms with van der Waals surface area (Å²) in [7, 11) is 0. The fraction of sp³-hybridized carbons (Fsp3) is 0.900. The van der Waals surface area contributed by atoms with Gasteiger partial charge in [0.15, 0.2) is 0 Å². The summed E-state index contributed by atoms with van der Waals surface area (Å²) in [6, 6.07) is -0.0572. The van der Waals surface area contributed by atoms with E-state index in [0.29, 0.717) is 17.8 Å². The molecule has 1 fully saturated rings. The van der Waals surface area contributed by atoms with Gasteiger partial charge in [0.25, 0.3) is 0 Å². The van der Waals surface area contributed by atoms with Crippen LogP contribution in [0.15, 0.2) is 0 Å². The van der Waals surface area contributed by atoms with Gasteiger partial charge in [0.05, 0.1) is 6.04 Å². The summed E-state index contributed by atoms with van der Waals surface area (Å²) >= 11 is 1.99. The normalized spacial score (nSPS) is 27.9. The Morgan fingerprint density at radius 2 is 2.33 bits per heavy atom. The molecule has 0 spiro atoms. The summed E-state index contributed by atoms with van der Waals surface area (Å²) in [5, 5.41) is 4.03. The largest absolute Gasteiger partial charge is 0.368 e. The molecule has 1 aliphatic rings. The molecule has 0 aromatic carbocycles. The van der Waals surface area contributed by atoms with Crippen molar-refractivity contribution in [2.75, 3.05) is 12.3 Å². The number of hydrogen-bond acceptors (Lipinski definition) is 4. The maximum Gasteiger partial charge on any atom is 0.235 e. The molecule has 15 heavy (non-hydrogen) atoms. The van der Waals surface area contributed by atoms with Crippen LogP contribution in [0.2, 0.25) is 0 Å². The van der Waals surface area contributed by atoms with Crippen LogP contribution in [0.5, 0.6) is 0 Å². The molecule has 3 unspecified atom stereocenters. The molecule has 5 N–H and O–H groups in total. The van der Waals surface area contributed by atoms with Gasteiger partial charge in [-0.2, -0.15) is 11.8 Å². The quantitative estimate of drug-likeness (QED) is 0.604. The Morgan fingerprint density at radius 1 is 1.60 bits per heavy atom. The zero-order valence-corrected chi connectivity index (χ0v) is 10.1. The Balaban J connectivity index is 2.28. The first kappa shape index (κ1) is 12.8. The van der Waals surface area contributed by atoms with Crippen LogP contribution in [-0.4, -0.2) is 35.5 Å². The number of rotatable bonds is 6. The van der Waals surface area contributed by atoms with E-state index in [-0.39, 0.29) is 0 Å². The Morgan fingerprint density at radius 3 is 2.93 bits per heavy atom. The van der Waals surface area contributed by atoms with Crippen LogP contribution < -0.4 is 16.8 Å². The Hall–Kier alpha value is -0.260. The van der Waals surface area contributed by atoms with Crippen molar-refractivity contribution in [3.8, 4) is 0 Å². The minimum Gasteiger partial charge on any atom is -0.368 e. The number of nitrogens with two attached hydrogens (primary N) is 2. The van der Waals surface area contributed by atoms with E-state index in [1.54, 1.807) is 0 Å². The maximum absolute atomic E-state index is 10.8. The minimum atomic E-state index is -0.558. The molecule has 0 saturated heterocycles. The lowest BCUT2D eigenvalue weighted by Gasteiger charge is -2.21. The summed E-state index contributed by atoms with van der Waals surface area (Å²) in [5.74, 6) is 0.713. The highest BCUT2D eigenvalue weighted by Gasteiger charge is 2.27. The molecule has 0 aromatic rings. The van der Waals surface area contributed by atoms with Crippen LogP contribution in [0, 0.1) is 0 Å². The molecule has 0 radical (unpaired) electrons. The third-order valence-electron chi connectivity index (χ3n) is 2.80. The Bertz CT molecular complexity index is 213. The Kier molecular flexibility index (Phi) is 5.42. The second kappa shape index (κ2) is 6.35. The van der Waals surface area contributed by atoms with Gasteiger partial charge >= 0.3 is 0 Å². The molecular formula is C10H21N3OS. The first-order valence-corrected chi connectivity index (χ1v) is 6.60. The van der Waals surface area contributed by atoms with Crippen molar-refractivity contribution in [1.82, 2.24) is 5.32 Å². The molecule has 0 aliphatic heterocycles. The van der Waals surface area contributed by atoms with E-state index >= 15 is 0 Å². The fourth-order valence-electron chi connectivity index (χ4n) is 1.95. The average molecular weight is 231 g/mol. The van der Waals surface area contributed by atoms with Gasteiger partial charge in [-0.25, -0.2) is 0 Å². The number of thioether (sulfide) groups is 1. The van der Waals surface area contributed by atoms with Crippen molar-refractivity contribution in [3.63, 3.8) is 0 Å². The second-order valence-corrected chi connectivity index (χ2v) is 5.46. The molecule has 88 valence electrons. The van der Waals surface area contributed by atoms with Crippen molar-refractivity contribution in [3.05, 3.63) is 0 Å². The molecule has 5 heteroatoms. The van der Waals surface area contributed by atoms with Crippen LogP contribution in [0.3, 0.4) is 0 Å². The molecule has 1 amide bonds. The summed E-state index contributed by atoms with van der Waals surface area (Å²) < 4.78 is 0. The van der Waals surface area contributed by atoms with Crippen molar-refractivity contribution >= 4 is 17.7 Å². The summed E-state index contributed by atoms with van der Waals surface area (Å²) in [4.78, 5) is 10.8. The second-order valence-electron chi connectivity index (χ2n) is 3.95. The van der Waals surface area contributed by atoms with E-state index in [0.717, 1.165) is 5.75 Å². The van der Waals surface area contributed by atoms with Gasteiger partial charge < -0.3 is 16.8 Å². The standard InChI is InChI=1S/C10H21N3OS/c1-2-15-9-5-3-4-8(9)13-6-7(11)10(12)14/h7-9,13H,2-6,11H2,1H3,(H2,12,14). The summed E-state index contributed by atoms with van der Waals surface area (Å²) in [6.07, 6.45) is 3.71. The number of hydrogen-bond donors (Lipinski definition) is 3. The molecule has 0 bridgehead atoms. The zero-order chi connectivity index (χ0) is 11.3. The fourth-order valence-corrected chi connectivity index (χ4v) is 3.18. The predicted octanol–water partition coefficient (Wildman–Crippen LogP) is 0.0628. The van der Waals surface area contributed by atoms with Gasteiger partial charge in [-0.3, -0.25) is 4.79 Å². The van der Waals surface area contributed by atoms with Crippen molar-refractivity contribution in [1.29, 1.82) is 0 Å². The highest BCUT2D eigenvalue weighted by Crippen LogP contribution is 2.29. The van der Waals surface area contributed by atoms with E-state index in [4.69, 9.17) is 11.5 Å². The molecule has 1 aliphatic carbocycles. The maximum atomic E-state index is 10.8. The average Bonchev–Trinajstić information content (AvgIpc) is 2.62. The van der Waals surface area contributed by atoms with Crippen LogP contribution in [0.4, 0.5) is 0 Å². The monoisotopic (exact) mass is 231 g/mol. The van der Waals surface area contributed by atoms with Crippen LogP contribution >= 0.6 is 11.8 Å². The molecule has 3 atom stereocenters. The van der Waals surface area contributed by atoms with Crippen molar-refractivity contribution < 1.29 is 4.79 Å². The molecule has 1 rings (SSSR count). The van der Waals surface area contributed by atoms with Crippen molar-refractivity contribution in [2.24, 2.45) is 11.5 Å². The van der Waals surface area contributed by atoms with Crippen LogP contribution in [0.25, 0.3) is 0 Å². The predicted molar refractivity (Wildman–Crippen MR) is 64.7 cm³/mol. The van der Waals surface area contributed by atoms with Gasteiger partial charge in [-0.05, 0) is 18.6 Å². The number of carbonyl (C=O) groups excluding carboxylic acids is 1. The van der Waals surface area contributed by atoms with E-state index < -0.39 is 11.9 Å². The highest BCUT2D eigenvalue weighted by atomic mass is 32.2. The van der Waals surface area contributed by atoms with Gasteiger partial charge in [0, 0.05) is 17.8 Å². The van der Waals surface area contributed by atoms with Crippen molar-refractivity contribution in [2.45, 2.75) is 43.5 Å². The third-order valence-corrected chi connectivity index (χ3v) is 4.12. The highest BCUT2D eigenvalue weighted by molar-refractivity contribution is 7.99. The number of carbonyl (C=O) groups is 1. The first-order valence-electron chi connectivity index (χ1n) is 5.55. The summed E-state index contributed by atoms with van der Waals surface area (Å²) in [5.41, 5.74) is 10.7. The lowest BCUT2D eigenvalue weighted by Crippen LogP contribution is -2.48. The van der Waals surface area contributed by atoms with E-state index in [2.05, 4.69) is 12.2 Å². The SMILES string of the molecule is CCSC1CCCC1NCC(N)C(N)=O. The van der Waals surface area contributed by atoms with E-state index in [1.807, 2.05) is 11.8 Å². The van der Waals surface area contributed by atoms with Gasteiger partial charge in [-0.15, -0.1) is 0 Å². The lowest BCUT2D eigenvalue weighted by atomic mass is 10.2. The van der Waals surface area contributed by atoms with Crippen LogP contribution in [0.1, 0.15) is 26.2 Å². The van der Waals surface area contributed by atoms with E-state index in [1.165, 1.54) is 19.3 Å². The Labute approximate surface area is 95.5 Å².